The van der Waals surface area contributed by atoms with Crippen molar-refractivity contribution in [2.45, 2.75) is 50.3 Å². The Morgan fingerprint density at radius 3 is 2.39 bits per heavy atom. The van der Waals surface area contributed by atoms with Crippen LogP contribution in [0.3, 0.4) is 0 Å². The van der Waals surface area contributed by atoms with Gasteiger partial charge in [0.1, 0.15) is 10.8 Å². The number of carbonyl (C=O) groups excluding carboxylic acids is 1. The molecule has 7 heteroatoms. The number of benzene rings is 2. The van der Waals surface area contributed by atoms with Crippen molar-refractivity contribution in [2.75, 3.05) is 0 Å². The summed E-state index contributed by atoms with van der Waals surface area (Å²) in [4.78, 5) is 17.8. The second-order valence-corrected chi connectivity index (χ2v) is 10.9. The van der Waals surface area contributed by atoms with Crippen LogP contribution in [0.4, 0.5) is 0 Å². The van der Waals surface area contributed by atoms with E-state index in [0.717, 1.165) is 32.8 Å². The molecule has 0 spiro atoms. The van der Waals surface area contributed by atoms with Gasteiger partial charge in [0.05, 0.1) is 0 Å². The number of aryl methyl sites for hydroxylation is 1. The van der Waals surface area contributed by atoms with Gasteiger partial charge in [-0.3, -0.25) is 4.79 Å². The number of hydrogen-bond donors (Lipinski definition) is 1. The highest BCUT2D eigenvalue weighted by Crippen LogP contribution is 2.36. The molecule has 4 aromatic rings. The summed E-state index contributed by atoms with van der Waals surface area (Å²) < 4.78 is -0.0220. The van der Waals surface area contributed by atoms with Crippen molar-refractivity contribution in [3.8, 4) is 22.5 Å². The topological polar surface area (TPSA) is 84.4 Å². The van der Waals surface area contributed by atoms with Crippen LogP contribution in [0.25, 0.3) is 22.5 Å². The molecule has 6 nitrogen and oxygen atoms in total. The first-order chi connectivity index (χ1) is 15.8. The first-order valence-electron chi connectivity index (χ1n) is 10.9. The number of rotatable bonds is 7. The number of carbonyl (C=O) groups is 1. The first-order valence-corrected chi connectivity index (χ1v) is 11.7. The van der Waals surface area contributed by atoms with Crippen LogP contribution in [0.5, 0.6) is 0 Å². The van der Waals surface area contributed by atoms with Crippen LogP contribution in [-0.2, 0) is 17.6 Å². The average Bonchev–Trinajstić information content (AvgIpc) is 3.30. The van der Waals surface area contributed by atoms with Crippen LogP contribution in [0, 0.1) is 6.92 Å². The number of tetrazole rings is 1. The lowest BCUT2D eigenvalue weighted by molar-refractivity contribution is -0.117. The van der Waals surface area contributed by atoms with Crippen LogP contribution in [0.1, 0.15) is 37.5 Å². The molecule has 0 bridgehead atoms. The average molecular weight is 458 g/mol. The van der Waals surface area contributed by atoms with Gasteiger partial charge in [-0.2, -0.15) is 5.21 Å². The maximum absolute atomic E-state index is 13.0. The van der Waals surface area contributed by atoms with E-state index in [1.54, 1.807) is 11.8 Å². The fraction of sp³-hybridized carbons (Fsp3) is 0.269. The zero-order valence-corrected chi connectivity index (χ0v) is 20.1. The van der Waals surface area contributed by atoms with E-state index in [-0.39, 0.29) is 10.5 Å². The van der Waals surface area contributed by atoms with E-state index in [4.69, 9.17) is 4.98 Å². The second kappa shape index (κ2) is 9.67. The number of nitrogens with one attached hydrogen (secondary N) is 1. The lowest BCUT2D eigenvalue weighted by Gasteiger charge is -2.20. The quantitative estimate of drug-likeness (QED) is 0.370. The Bertz CT molecular complexity index is 1240. The van der Waals surface area contributed by atoms with Gasteiger partial charge in [0.2, 0.25) is 5.82 Å². The van der Waals surface area contributed by atoms with Crippen LogP contribution in [0.2, 0.25) is 0 Å². The van der Waals surface area contributed by atoms with Gasteiger partial charge in [-0.05, 0) is 34.9 Å². The first kappa shape index (κ1) is 22.9. The number of ketones is 1. The Hall–Kier alpha value is -3.32. The summed E-state index contributed by atoms with van der Waals surface area (Å²) in [6.07, 6.45) is 2.60. The Balaban J connectivity index is 1.68. The van der Waals surface area contributed by atoms with Gasteiger partial charge in [0, 0.05) is 34.9 Å². The Morgan fingerprint density at radius 1 is 1.00 bits per heavy atom. The van der Waals surface area contributed by atoms with Crippen molar-refractivity contribution in [3.63, 3.8) is 0 Å². The summed E-state index contributed by atoms with van der Waals surface area (Å²) in [7, 11) is 0. The zero-order valence-electron chi connectivity index (χ0n) is 19.3. The molecular weight excluding hydrogens is 430 g/mol. The molecule has 0 saturated carbocycles. The van der Waals surface area contributed by atoms with Crippen molar-refractivity contribution < 1.29 is 4.79 Å². The van der Waals surface area contributed by atoms with Gasteiger partial charge in [0.15, 0.2) is 0 Å². The molecule has 2 heterocycles. The molecule has 0 amide bonds. The molecule has 33 heavy (non-hydrogen) atoms. The van der Waals surface area contributed by atoms with Gasteiger partial charge in [-0.15, -0.1) is 22.0 Å². The van der Waals surface area contributed by atoms with E-state index in [1.807, 2.05) is 61.7 Å². The second-order valence-electron chi connectivity index (χ2n) is 9.06. The molecule has 0 atom stereocenters. The van der Waals surface area contributed by atoms with Gasteiger partial charge >= 0.3 is 0 Å². The fourth-order valence-corrected chi connectivity index (χ4v) is 4.52. The van der Waals surface area contributed by atoms with Gasteiger partial charge in [0.25, 0.3) is 0 Å². The van der Waals surface area contributed by atoms with Crippen LogP contribution in [-0.4, -0.2) is 36.1 Å². The molecule has 1 N–H and O–H groups in total. The van der Waals surface area contributed by atoms with Crippen molar-refractivity contribution in [1.82, 2.24) is 25.6 Å². The number of pyridine rings is 1. The smallest absolute Gasteiger partial charge is 0.205 e. The highest BCUT2D eigenvalue weighted by Gasteiger charge is 2.20. The molecular formula is C26H27N5OS. The van der Waals surface area contributed by atoms with Crippen molar-refractivity contribution in [2.24, 2.45) is 0 Å². The largest absolute Gasteiger partial charge is 0.299 e. The summed E-state index contributed by atoms with van der Waals surface area (Å²) in [5.74, 6) is 0.691. The minimum atomic E-state index is -0.0220. The maximum Gasteiger partial charge on any atom is 0.205 e. The number of nitrogens with zero attached hydrogens (tertiary/aromatic N) is 4. The van der Waals surface area contributed by atoms with Crippen LogP contribution >= 0.6 is 11.8 Å². The minimum Gasteiger partial charge on any atom is -0.299 e. The molecule has 2 aromatic carbocycles. The van der Waals surface area contributed by atoms with Gasteiger partial charge < -0.3 is 0 Å². The molecule has 2 aromatic heterocycles. The van der Waals surface area contributed by atoms with E-state index in [2.05, 4.69) is 47.5 Å². The standard InChI is InChI=1S/C26H27N5OS/c1-17-9-11-18(12-10-17)13-21(32)15-19-14-20(16-27-25(19)33-26(2,3)4)22-7-5-6-8-23(22)24-28-30-31-29-24/h5-12,14,16H,13,15H2,1-4H3,(H,28,29,30,31). The van der Waals surface area contributed by atoms with E-state index < -0.39 is 0 Å². The monoisotopic (exact) mass is 457 g/mol. The van der Waals surface area contributed by atoms with E-state index >= 15 is 0 Å². The summed E-state index contributed by atoms with van der Waals surface area (Å²) in [5, 5.41) is 15.4. The summed E-state index contributed by atoms with van der Waals surface area (Å²) in [5.41, 5.74) is 5.89. The lowest BCUT2D eigenvalue weighted by atomic mass is 9.97. The van der Waals surface area contributed by atoms with E-state index in [9.17, 15) is 4.79 Å². The predicted octanol–water partition coefficient (Wildman–Crippen LogP) is 5.48. The molecule has 0 aliphatic rings. The number of thioether (sulfide) groups is 1. The van der Waals surface area contributed by atoms with E-state index in [0.29, 0.717) is 18.7 Å². The number of hydrogen-bond acceptors (Lipinski definition) is 6. The Morgan fingerprint density at radius 2 is 1.73 bits per heavy atom. The third-order valence-corrected chi connectivity index (χ3v) is 6.24. The van der Waals surface area contributed by atoms with E-state index in [1.165, 1.54) is 5.56 Å². The number of Topliss-reactive ketones (excluding diaryl/α,β-unsaturated/α-hetero) is 1. The van der Waals surface area contributed by atoms with Gasteiger partial charge in [-0.25, -0.2) is 4.98 Å². The Kier molecular flexibility index (Phi) is 6.70. The molecule has 0 saturated heterocycles. The van der Waals surface area contributed by atoms with Gasteiger partial charge in [-0.1, -0.05) is 74.9 Å². The molecule has 0 unspecified atom stereocenters. The highest BCUT2D eigenvalue weighted by molar-refractivity contribution is 8.00. The molecule has 0 radical (unpaired) electrons. The predicted molar refractivity (Wildman–Crippen MR) is 132 cm³/mol. The highest BCUT2D eigenvalue weighted by atomic mass is 32.2. The SMILES string of the molecule is Cc1ccc(CC(=O)Cc2cc(-c3ccccc3-c3nn[nH]n3)cnc2SC(C)(C)C)cc1. The summed E-state index contributed by atoms with van der Waals surface area (Å²) >= 11 is 1.68. The minimum absolute atomic E-state index is 0.0220. The maximum atomic E-state index is 13.0. The normalized spacial score (nSPS) is 11.5. The molecule has 4 rings (SSSR count). The zero-order chi connectivity index (χ0) is 23.4. The van der Waals surface area contributed by atoms with Crippen molar-refractivity contribution >= 4 is 17.5 Å². The fourth-order valence-electron chi connectivity index (χ4n) is 3.57. The molecule has 0 aliphatic heterocycles. The molecule has 0 fully saturated rings. The van der Waals surface area contributed by atoms with Crippen molar-refractivity contribution in [3.05, 3.63) is 77.5 Å². The molecule has 0 aliphatic carbocycles. The Labute approximate surface area is 198 Å². The van der Waals surface area contributed by atoms with Crippen LogP contribution in [0.15, 0.2) is 65.8 Å². The number of aromatic amines is 1. The molecule has 168 valence electrons. The summed E-state index contributed by atoms with van der Waals surface area (Å²) in [6, 6.07) is 18.1. The number of H-pyrrole nitrogens is 1. The third-order valence-electron chi connectivity index (χ3n) is 5.06. The van der Waals surface area contributed by atoms with Crippen LogP contribution < -0.4 is 0 Å². The lowest BCUT2D eigenvalue weighted by Crippen LogP contribution is -2.12. The number of aromatic nitrogens is 5. The third kappa shape index (κ3) is 5.93. The summed E-state index contributed by atoms with van der Waals surface area (Å²) in [6.45, 7) is 8.50. The van der Waals surface area contributed by atoms with Crippen molar-refractivity contribution in [1.29, 1.82) is 0 Å².